The lowest BCUT2D eigenvalue weighted by Crippen LogP contribution is -2.43. The number of aliphatic imine (C=N–C) groups is 1. The molecule has 0 aliphatic carbocycles. The van der Waals surface area contributed by atoms with Crippen molar-refractivity contribution in [2.45, 2.75) is 40.0 Å². The van der Waals surface area contributed by atoms with E-state index in [9.17, 15) is 4.79 Å². The average Bonchev–Trinajstić information content (AvgIpc) is 2.42. The highest BCUT2D eigenvalue weighted by molar-refractivity contribution is 14.0. The highest BCUT2D eigenvalue weighted by atomic mass is 127. The molecule has 5 nitrogen and oxygen atoms in total. The Morgan fingerprint density at radius 1 is 1.38 bits per heavy atom. The molecule has 6 heteroatoms. The Morgan fingerprint density at radius 3 is 2.67 bits per heavy atom. The number of carbonyl (C=O) groups excluding carboxylic acids is 1. The predicted molar refractivity (Wildman–Crippen MR) is 99.2 cm³/mol. The molecule has 0 aromatic rings. The lowest BCUT2D eigenvalue weighted by Gasteiger charge is -2.31. The van der Waals surface area contributed by atoms with Crippen LogP contribution < -0.4 is 10.6 Å². The fourth-order valence-corrected chi connectivity index (χ4v) is 2.38. The number of rotatable bonds is 5. The maximum absolute atomic E-state index is 12.1. The Bertz CT molecular complexity index is 334. The van der Waals surface area contributed by atoms with Crippen molar-refractivity contribution in [2.75, 3.05) is 33.2 Å². The maximum Gasteiger partial charge on any atom is 0.224 e. The zero-order chi connectivity index (χ0) is 15.0. The summed E-state index contributed by atoms with van der Waals surface area (Å²) in [6.07, 6.45) is 2.92. The first-order chi connectivity index (χ1) is 9.52. The van der Waals surface area contributed by atoms with Crippen LogP contribution in [0.1, 0.15) is 40.0 Å². The van der Waals surface area contributed by atoms with Crippen LogP contribution in [-0.4, -0.2) is 50.0 Å². The number of carbonyl (C=O) groups is 1. The van der Waals surface area contributed by atoms with Crippen molar-refractivity contribution in [2.24, 2.45) is 16.8 Å². The Labute approximate surface area is 146 Å². The third-order valence-electron chi connectivity index (χ3n) is 3.54. The van der Waals surface area contributed by atoms with Crippen LogP contribution in [0.5, 0.6) is 0 Å². The van der Waals surface area contributed by atoms with Gasteiger partial charge in [-0.25, -0.2) is 0 Å². The molecule has 1 atom stereocenters. The Kier molecular flexibility index (Phi) is 10.8. The van der Waals surface area contributed by atoms with Gasteiger partial charge in [0, 0.05) is 39.6 Å². The first kappa shape index (κ1) is 20.5. The van der Waals surface area contributed by atoms with Crippen molar-refractivity contribution in [3.05, 3.63) is 0 Å². The molecule has 1 aliphatic heterocycles. The summed E-state index contributed by atoms with van der Waals surface area (Å²) >= 11 is 0. The van der Waals surface area contributed by atoms with Crippen LogP contribution in [-0.2, 0) is 4.79 Å². The van der Waals surface area contributed by atoms with Gasteiger partial charge in [-0.1, -0.05) is 20.8 Å². The van der Waals surface area contributed by atoms with Gasteiger partial charge in [-0.05, 0) is 24.7 Å². The van der Waals surface area contributed by atoms with Gasteiger partial charge >= 0.3 is 0 Å². The highest BCUT2D eigenvalue weighted by Gasteiger charge is 2.20. The molecule has 1 saturated heterocycles. The standard InChI is InChI=1S/C15H30N4O.HI/c1-12(2)10-18-15(16-4)17-8-7-14(20)19-9-5-6-13(3)11-19;/h12-13H,5-11H2,1-4H3,(H2,16,17,18);1H. The van der Waals surface area contributed by atoms with Crippen LogP contribution in [0.25, 0.3) is 0 Å². The number of nitrogens with one attached hydrogen (secondary N) is 2. The van der Waals surface area contributed by atoms with Crippen LogP contribution in [0.2, 0.25) is 0 Å². The van der Waals surface area contributed by atoms with Crippen molar-refractivity contribution in [1.82, 2.24) is 15.5 Å². The SMILES string of the molecule is CN=C(NCCC(=O)N1CCCC(C)C1)NCC(C)C.I. The molecule has 2 N–H and O–H groups in total. The molecular formula is C15H31IN4O. The number of nitrogens with zero attached hydrogens (tertiary/aromatic N) is 2. The number of likely N-dealkylation sites (tertiary alicyclic amines) is 1. The third-order valence-corrected chi connectivity index (χ3v) is 3.54. The number of halogens is 1. The van der Waals surface area contributed by atoms with Crippen LogP contribution >= 0.6 is 24.0 Å². The van der Waals surface area contributed by atoms with E-state index >= 15 is 0 Å². The number of amides is 1. The summed E-state index contributed by atoms with van der Waals surface area (Å²) < 4.78 is 0. The number of piperidine rings is 1. The Balaban J connectivity index is 0.00000400. The second-order valence-electron chi connectivity index (χ2n) is 6.11. The lowest BCUT2D eigenvalue weighted by molar-refractivity contribution is -0.132. The van der Waals surface area contributed by atoms with Gasteiger partial charge in [0.05, 0.1) is 0 Å². The smallest absolute Gasteiger partial charge is 0.224 e. The summed E-state index contributed by atoms with van der Waals surface area (Å²) in [7, 11) is 1.75. The zero-order valence-electron chi connectivity index (χ0n) is 13.8. The normalized spacial score (nSPS) is 19.2. The second kappa shape index (κ2) is 11.1. The van der Waals surface area contributed by atoms with Crippen molar-refractivity contribution >= 4 is 35.8 Å². The molecule has 1 heterocycles. The van der Waals surface area contributed by atoms with Gasteiger partial charge in [-0.15, -0.1) is 24.0 Å². The van der Waals surface area contributed by atoms with Gasteiger partial charge in [-0.3, -0.25) is 9.79 Å². The maximum atomic E-state index is 12.1. The summed E-state index contributed by atoms with van der Waals surface area (Å²) in [4.78, 5) is 18.3. The first-order valence-electron chi connectivity index (χ1n) is 7.75. The molecule has 1 rings (SSSR count). The van der Waals surface area contributed by atoms with Crippen LogP contribution in [0.4, 0.5) is 0 Å². The summed E-state index contributed by atoms with van der Waals surface area (Å²) in [5.74, 6) is 2.24. The minimum absolute atomic E-state index is 0. The van der Waals surface area contributed by atoms with Gasteiger partial charge < -0.3 is 15.5 Å². The highest BCUT2D eigenvalue weighted by Crippen LogP contribution is 2.15. The molecule has 0 aromatic carbocycles. The van der Waals surface area contributed by atoms with E-state index < -0.39 is 0 Å². The van der Waals surface area contributed by atoms with Gasteiger partial charge in [0.25, 0.3) is 0 Å². The van der Waals surface area contributed by atoms with E-state index in [1.54, 1.807) is 7.05 Å². The molecule has 0 saturated carbocycles. The molecule has 1 unspecified atom stereocenters. The van der Waals surface area contributed by atoms with E-state index in [1.807, 2.05) is 4.90 Å². The molecule has 0 spiro atoms. The van der Waals surface area contributed by atoms with Crippen molar-refractivity contribution in [3.8, 4) is 0 Å². The van der Waals surface area contributed by atoms with E-state index in [4.69, 9.17) is 0 Å². The molecule has 1 fully saturated rings. The van der Waals surface area contributed by atoms with E-state index in [1.165, 1.54) is 6.42 Å². The largest absolute Gasteiger partial charge is 0.356 e. The molecule has 124 valence electrons. The fourth-order valence-electron chi connectivity index (χ4n) is 2.38. The third kappa shape index (κ3) is 8.48. The fraction of sp³-hybridized carbons (Fsp3) is 0.867. The molecular weight excluding hydrogens is 379 g/mol. The van der Waals surface area contributed by atoms with E-state index in [-0.39, 0.29) is 29.9 Å². The second-order valence-corrected chi connectivity index (χ2v) is 6.11. The van der Waals surface area contributed by atoms with E-state index in [0.717, 1.165) is 32.0 Å². The molecule has 21 heavy (non-hydrogen) atoms. The minimum Gasteiger partial charge on any atom is -0.356 e. The predicted octanol–water partition coefficient (Wildman–Crippen LogP) is 2.07. The Morgan fingerprint density at radius 2 is 2.10 bits per heavy atom. The molecule has 1 aliphatic rings. The molecule has 0 bridgehead atoms. The molecule has 1 amide bonds. The van der Waals surface area contributed by atoms with Gasteiger partial charge in [0.15, 0.2) is 5.96 Å². The average molecular weight is 410 g/mol. The monoisotopic (exact) mass is 410 g/mol. The summed E-state index contributed by atoms with van der Waals surface area (Å²) in [5.41, 5.74) is 0. The lowest BCUT2D eigenvalue weighted by atomic mass is 10.00. The van der Waals surface area contributed by atoms with Gasteiger partial charge in [0.2, 0.25) is 5.91 Å². The zero-order valence-corrected chi connectivity index (χ0v) is 16.1. The molecule has 0 radical (unpaired) electrons. The van der Waals surface area contributed by atoms with Gasteiger partial charge in [0.1, 0.15) is 0 Å². The summed E-state index contributed by atoms with van der Waals surface area (Å²) in [6.45, 7) is 9.89. The van der Waals surface area contributed by atoms with Crippen LogP contribution in [0, 0.1) is 11.8 Å². The quantitative estimate of drug-likeness (QED) is 0.415. The topological polar surface area (TPSA) is 56.7 Å². The summed E-state index contributed by atoms with van der Waals surface area (Å²) in [6, 6.07) is 0. The van der Waals surface area contributed by atoms with Crippen molar-refractivity contribution in [1.29, 1.82) is 0 Å². The number of hydrogen-bond acceptors (Lipinski definition) is 2. The van der Waals surface area contributed by atoms with E-state index in [0.29, 0.717) is 24.8 Å². The van der Waals surface area contributed by atoms with Crippen molar-refractivity contribution in [3.63, 3.8) is 0 Å². The Hall–Kier alpha value is -0.530. The molecule has 0 aromatic heterocycles. The van der Waals surface area contributed by atoms with Crippen LogP contribution in [0.15, 0.2) is 4.99 Å². The first-order valence-corrected chi connectivity index (χ1v) is 7.75. The van der Waals surface area contributed by atoms with Crippen LogP contribution in [0.3, 0.4) is 0 Å². The summed E-state index contributed by atoms with van der Waals surface area (Å²) in [5, 5.41) is 6.44. The number of guanidine groups is 1. The van der Waals surface area contributed by atoms with Gasteiger partial charge in [-0.2, -0.15) is 0 Å². The van der Waals surface area contributed by atoms with Crippen molar-refractivity contribution < 1.29 is 4.79 Å². The minimum atomic E-state index is 0. The van der Waals surface area contributed by atoms with E-state index in [2.05, 4.69) is 36.4 Å². The number of hydrogen-bond donors (Lipinski definition) is 2.